The van der Waals surface area contributed by atoms with Gasteiger partial charge >= 0.3 is 5.91 Å². The van der Waals surface area contributed by atoms with Gasteiger partial charge in [-0.05, 0) is 55.2 Å². The van der Waals surface area contributed by atoms with E-state index >= 15 is 0 Å². The molecule has 1 aromatic heterocycles. The van der Waals surface area contributed by atoms with Crippen molar-refractivity contribution < 1.29 is 19.4 Å². The lowest BCUT2D eigenvalue weighted by Gasteiger charge is -2.32. The van der Waals surface area contributed by atoms with E-state index in [0.29, 0.717) is 16.4 Å². The first kappa shape index (κ1) is 20.7. The topological polar surface area (TPSA) is 79.7 Å². The zero-order chi connectivity index (χ0) is 22.2. The lowest BCUT2D eigenvalue weighted by molar-refractivity contribution is -0.132. The quantitative estimate of drug-likeness (QED) is 0.340. The number of ketones is 1. The van der Waals surface area contributed by atoms with Gasteiger partial charge in [-0.3, -0.25) is 14.5 Å². The number of aliphatic hydroxyl groups is 1. The summed E-state index contributed by atoms with van der Waals surface area (Å²) in [5.74, 6) is -0.644. The zero-order valence-electron chi connectivity index (χ0n) is 17.8. The smallest absolute Gasteiger partial charge is 0.301 e. The number of hydrogen-bond donors (Lipinski definition) is 1. The molecule has 1 N–H and O–H groups in total. The van der Waals surface area contributed by atoms with Gasteiger partial charge in [-0.25, -0.2) is 4.98 Å². The number of carbonyl (C=O) groups is 2. The summed E-state index contributed by atoms with van der Waals surface area (Å²) >= 11 is 1.40. The van der Waals surface area contributed by atoms with E-state index in [1.807, 2.05) is 24.3 Å². The average Bonchev–Trinajstić information content (AvgIpc) is 3.38. The molecule has 0 bridgehead atoms. The van der Waals surface area contributed by atoms with Gasteiger partial charge in [0, 0.05) is 5.56 Å². The Labute approximate surface area is 190 Å². The van der Waals surface area contributed by atoms with Crippen LogP contribution in [-0.4, -0.2) is 34.9 Å². The molecule has 1 atom stereocenters. The number of fused-ring (bicyclic) bond motifs is 1. The fraction of sp³-hybridized carbons (Fsp3) is 0.320. The molecule has 1 unspecified atom stereocenters. The van der Waals surface area contributed by atoms with E-state index < -0.39 is 17.7 Å². The van der Waals surface area contributed by atoms with E-state index in [2.05, 4.69) is 4.98 Å². The number of benzene rings is 2. The average molecular weight is 449 g/mol. The molecule has 32 heavy (non-hydrogen) atoms. The van der Waals surface area contributed by atoms with Gasteiger partial charge < -0.3 is 9.84 Å². The molecular weight excluding hydrogens is 424 g/mol. The third-order valence-corrected chi connectivity index (χ3v) is 7.47. The van der Waals surface area contributed by atoms with Crippen LogP contribution in [0.25, 0.3) is 16.0 Å². The van der Waals surface area contributed by atoms with Crippen LogP contribution in [0.15, 0.2) is 54.1 Å². The molecule has 3 aromatic rings. The fourth-order valence-electron chi connectivity index (χ4n) is 4.83. The maximum atomic E-state index is 13.3. The summed E-state index contributed by atoms with van der Waals surface area (Å²) in [5, 5.41) is 11.7. The minimum absolute atomic E-state index is 0.0987. The number of nitrogens with zero attached hydrogens (tertiary/aromatic N) is 2. The highest BCUT2D eigenvalue weighted by atomic mass is 32.1. The molecule has 6 nitrogen and oxygen atoms in total. The van der Waals surface area contributed by atoms with Crippen molar-refractivity contribution in [2.45, 2.75) is 38.1 Å². The summed E-state index contributed by atoms with van der Waals surface area (Å²) in [6.45, 7) is 0. The van der Waals surface area contributed by atoms with Crippen LogP contribution >= 0.6 is 11.3 Å². The van der Waals surface area contributed by atoms with Crippen molar-refractivity contribution in [2.24, 2.45) is 5.92 Å². The second-order valence-electron chi connectivity index (χ2n) is 8.30. The first-order valence-corrected chi connectivity index (χ1v) is 11.7. The first-order valence-electron chi connectivity index (χ1n) is 10.9. The summed E-state index contributed by atoms with van der Waals surface area (Å²) in [6.07, 6.45) is 5.06. The Morgan fingerprint density at radius 2 is 1.78 bits per heavy atom. The molecule has 1 saturated heterocycles. The predicted molar refractivity (Wildman–Crippen MR) is 125 cm³/mol. The molecule has 1 aliphatic heterocycles. The van der Waals surface area contributed by atoms with Gasteiger partial charge in [0.2, 0.25) is 0 Å². The molecule has 0 spiro atoms. The molecule has 5 rings (SSSR count). The van der Waals surface area contributed by atoms with E-state index in [1.165, 1.54) is 16.2 Å². The van der Waals surface area contributed by atoms with Crippen molar-refractivity contribution in [3.8, 4) is 5.75 Å². The maximum Gasteiger partial charge on any atom is 0.301 e. The largest absolute Gasteiger partial charge is 0.507 e. The monoisotopic (exact) mass is 448 g/mol. The minimum atomic E-state index is -0.645. The SMILES string of the molecule is COc1ccc(C(O)=C2C(=O)C(=O)N(c3nc4ccccc4s3)C2C2CCCCC2)cc1. The van der Waals surface area contributed by atoms with Crippen LogP contribution in [0.3, 0.4) is 0 Å². The number of methoxy groups -OCH3 is 1. The number of rotatable bonds is 4. The summed E-state index contributed by atoms with van der Waals surface area (Å²) in [4.78, 5) is 32.7. The van der Waals surface area contributed by atoms with Crippen molar-refractivity contribution in [1.29, 1.82) is 0 Å². The van der Waals surface area contributed by atoms with E-state index in [-0.39, 0.29) is 17.3 Å². The molecule has 1 amide bonds. The number of carbonyl (C=O) groups excluding carboxylic acids is 2. The Hall–Kier alpha value is -3.19. The molecule has 1 saturated carbocycles. The summed E-state index contributed by atoms with van der Waals surface area (Å²) in [6, 6.07) is 14.1. The van der Waals surface area contributed by atoms with E-state index in [1.54, 1.807) is 31.4 Å². The van der Waals surface area contributed by atoms with Crippen LogP contribution in [0, 0.1) is 5.92 Å². The van der Waals surface area contributed by atoms with Crippen molar-refractivity contribution in [2.75, 3.05) is 12.0 Å². The van der Waals surface area contributed by atoms with Gasteiger partial charge in [0.1, 0.15) is 11.5 Å². The van der Waals surface area contributed by atoms with E-state index in [0.717, 1.165) is 42.3 Å². The molecule has 0 radical (unpaired) electrons. The zero-order valence-corrected chi connectivity index (χ0v) is 18.6. The standard InChI is InChI=1S/C25H24N2O4S/c1-31-17-13-11-16(12-14-17)22(28)20-21(15-7-3-2-4-8-15)27(24(30)23(20)29)25-26-18-9-5-6-10-19(18)32-25/h5-6,9-15,21,28H,2-4,7-8H2,1H3. The summed E-state index contributed by atoms with van der Waals surface area (Å²) in [5.41, 5.74) is 1.48. The number of para-hydroxylation sites is 1. The van der Waals surface area contributed by atoms with Crippen LogP contribution in [0.4, 0.5) is 5.13 Å². The van der Waals surface area contributed by atoms with Gasteiger partial charge in [-0.15, -0.1) is 0 Å². The van der Waals surface area contributed by atoms with Gasteiger partial charge in [0.05, 0.1) is 28.9 Å². The summed E-state index contributed by atoms with van der Waals surface area (Å²) < 4.78 is 6.16. The molecule has 2 heterocycles. The van der Waals surface area contributed by atoms with Gasteiger partial charge in [-0.2, -0.15) is 0 Å². The number of aliphatic hydroxyl groups excluding tert-OH is 1. The van der Waals surface area contributed by atoms with E-state index in [9.17, 15) is 14.7 Å². The Morgan fingerprint density at radius 1 is 1.06 bits per heavy atom. The first-order chi connectivity index (χ1) is 15.6. The molecule has 7 heteroatoms. The molecule has 2 aromatic carbocycles. The van der Waals surface area contributed by atoms with Crippen LogP contribution < -0.4 is 9.64 Å². The van der Waals surface area contributed by atoms with Crippen molar-refractivity contribution in [3.05, 3.63) is 59.7 Å². The normalized spacial score (nSPS) is 21.4. The van der Waals surface area contributed by atoms with Crippen LogP contribution in [0.2, 0.25) is 0 Å². The number of amides is 1. The fourth-order valence-corrected chi connectivity index (χ4v) is 5.83. The lowest BCUT2D eigenvalue weighted by atomic mass is 9.80. The second-order valence-corrected chi connectivity index (χ2v) is 9.31. The Morgan fingerprint density at radius 3 is 2.47 bits per heavy atom. The molecule has 164 valence electrons. The highest BCUT2D eigenvalue weighted by Crippen LogP contribution is 2.43. The molecule has 2 fully saturated rings. The number of anilines is 1. The number of ether oxygens (including phenoxy) is 1. The van der Waals surface area contributed by atoms with Crippen molar-refractivity contribution >= 4 is 44.1 Å². The highest BCUT2D eigenvalue weighted by molar-refractivity contribution is 7.22. The number of thiazole rings is 1. The number of aromatic nitrogens is 1. The number of hydrogen-bond acceptors (Lipinski definition) is 6. The minimum Gasteiger partial charge on any atom is -0.507 e. The number of Topliss-reactive ketones (excluding diaryl/α,β-unsaturated/α-hetero) is 1. The van der Waals surface area contributed by atoms with Crippen LogP contribution in [-0.2, 0) is 9.59 Å². The van der Waals surface area contributed by atoms with Crippen molar-refractivity contribution in [1.82, 2.24) is 4.98 Å². The molecule has 1 aliphatic carbocycles. The molecule has 2 aliphatic rings. The Kier molecular flexibility index (Phi) is 5.43. The van der Waals surface area contributed by atoms with Crippen molar-refractivity contribution in [3.63, 3.8) is 0 Å². The third-order valence-electron chi connectivity index (χ3n) is 6.44. The Balaban J connectivity index is 1.64. The Bertz CT molecular complexity index is 1180. The lowest BCUT2D eigenvalue weighted by Crippen LogP contribution is -2.40. The predicted octanol–water partition coefficient (Wildman–Crippen LogP) is 5.14. The van der Waals surface area contributed by atoms with Crippen LogP contribution in [0.1, 0.15) is 37.7 Å². The second kappa shape index (κ2) is 8.39. The summed E-state index contributed by atoms with van der Waals surface area (Å²) in [7, 11) is 1.57. The van der Waals surface area contributed by atoms with Gasteiger partial charge in [0.15, 0.2) is 5.13 Å². The van der Waals surface area contributed by atoms with E-state index in [4.69, 9.17) is 4.74 Å². The maximum absolute atomic E-state index is 13.3. The molecular formula is C25H24N2O4S. The van der Waals surface area contributed by atoms with Gasteiger partial charge in [-0.1, -0.05) is 42.7 Å². The highest BCUT2D eigenvalue weighted by Gasteiger charge is 2.50. The van der Waals surface area contributed by atoms with Gasteiger partial charge in [0.25, 0.3) is 5.78 Å². The third kappa shape index (κ3) is 3.46. The van der Waals surface area contributed by atoms with Crippen LogP contribution in [0.5, 0.6) is 5.75 Å².